The van der Waals surface area contributed by atoms with E-state index in [0.717, 1.165) is 18.0 Å². The maximum absolute atomic E-state index is 13.2. The topological polar surface area (TPSA) is 29.3 Å². The van der Waals surface area contributed by atoms with Gasteiger partial charge < -0.3 is 5.73 Å². The third kappa shape index (κ3) is 2.57. The molecule has 1 aliphatic rings. The lowest BCUT2D eigenvalue weighted by Gasteiger charge is -2.32. The van der Waals surface area contributed by atoms with Crippen LogP contribution in [0.2, 0.25) is 0 Å². The number of nitrogens with zero attached hydrogens (tertiary/aromatic N) is 1. The first kappa shape index (κ1) is 13.5. The van der Waals surface area contributed by atoms with E-state index < -0.39 is 0 Å². The molecule has 1 aromatic rings. The van der Waals surface area contributed by atoms with Crippen LogP contribution in [0, 0.1) is 18.7 Å². The SMILES string of the molecule is Cc1cc(F)ccc1C(CN)N1CC(C)CC1C. The Labute approximate surface area is 109 Å². The van der Waals surface area contributed by atoms with Gasteiger partial charge in [-0.1, -0.05) is 13.0 Å². The van der Waals surface area contributed by atoms with Crippen LogP contribution >= 0.6 is 0 Å². The number of nitrogens with two attached hydrogens (primary N) is 1. The Bertz CT molecular complexity index is 419. The zero-order chi connectivity index (χ0) is 13.3. The molecule has 1 aliphatic heterocycles. The largest absolute Gasteiger partial charge is 0.329 e. The molecular formula is C15H23FN2. The summed E-state index contributed by atoms with van der Waals surface area (Å²) in [5, 5.41) is 0. The average Bonchev–Trinajstić information content (AvgIpc) is 2.62. The van der Waals surface area contributed by atoms with Gasteiger partial charge in [0.25, 0.3) is 0 Å². The van der Waals surface area contributed by atoms with Crippen LogP contribution in [0.15, 0.2) is 18.2 Å². The lowest BCUT2D eigenvalue weighted by Crippen LogP contribution is -2.36. The highest BCUT2D eigenvalue weighted by Gasteiger charge is 2.32. The lowest BCUT2D eigenvalue weighted by molar-refractivity contribution is 0.191. The number of hydrogen-bond donors (Lipinski definition) is 1. The van der Waals surface area contributed by atoms with Gasteiger partial charge in [0.1, 0.15) is 5.82 Å². The van der Waals surface area contributed by atoms with Gasteiger partial charge in [-0.05, 0) is 49.4 Å². The van der Waals surface area contributed by atoms with Crippen molar-refractivity contribution in [2.45, 2.75) is 39.3 Å². The highest BCUT2D eigenvalue weighted by molar-refractivity contribution is 5.30. The number of halogens is 1. The van der Waals surface area contributed by atoms with Crippen LogP contribution in [0.25, 0.3) is 0 Å². The number of aryl methyl sites for hydroxylation is 1. The minimum atomic E-state index is -0.171. The summed E-state index contributed by atoms with van der Waals surface area (Å²) >= 11 is 0. The molecule has 100 valence electrons. The quantitative estimate of drug-likeness (QED) is 0.893. The Morgan fingerprint density at radius 1 is 1.44 bits per heavy atom. The maximum atomic E-state index is 13.2. The highest BCUT2D eigenvalue weighted by atomic mass is 19.1. The molecule has 0 spiro atoms. The number of hydrogen-bond acceptors (Lipinski definition) is 2. The zero-order valence-corrected chi connectivity index (χ0v) is 11.5. The lowest BCUT2D eigenvalue weighted by atomic mass is 9.99. The molecule has 0 bridgehead atoms. The van der Waals surface area contributed by atoms with E-state index in [2.05, 4.69) is 18.7 Å². The normalized spacial score (nSPS) is 26.5. The molecule has 3 atom stereocenters. The fraction of sp³-hybridized carbons (Fsp3) is 0.600. The summed E-state index contributed by atoms with van der Waals surface area (Å²) in [4.78, 5) is 2.46. The van der Waals surface area contributed by atoms with Gasteiger partial charge in [0.2, 0.25) is 0 Å². The smallest absolute Gasteiger partial charge is 0.123 e. The first-order chi connectivity index (χ1) is 8.52. The third-order valence-corrected chi connectivity index (χ3v) is 4.05. The minimum absolute atomic E-state index is 0.171. The average molecular weight is 250 g/mol. The fourth-order valence-electron chi connectivity index (χ4n) is 3.22. The van der Waals surface area contributed by atoms with Crippen molar-refractivity contribution < 1.29 is 4.39 Å². The molecule has 0 radical (unpaired) electrons. The third-order valence-electron chi connectivity index (χ3n) is 4.05. The summed E-state index contributed by atoms with van der Waals surface area (Å²) < 4.78 is 13.2. The second-order valence-corrected chi connectivity index (χ2v) is 5.64. The van der Waals surface area contributed by atoms with Crippen molar-refractivity contribution >= 4 is 0 Å². The van der Waals surface area contributed by atoms with Gasteiger partial charge in [-0.3, -0.25) is 4.90 Å². The van der Waals surface area contributed by atoms with Crippen LogP contribution in [0.4, 0.5) is 4.39 Å². The summed E-state index contributed by atoms with van der Waals surface area (Å²) in [6.45, 7) is 8.17. The van der Waals surface area contributed by atoms with Crippen molar-refractivity contribution in [3.05, 3.63) is 35.1 Å². The van der Waals surface area contributed by atoms with Crippen molar-refractivity contribution in [1.29, 1.82) is 0 Å². The van der Waals surface area contributed by atoms with Gasteiger partial charge in [-0.25, -0.2) is 4.39 Å². The van der Waals surface area contributed by atoms with Crippen LogP contribution in [0.3, 0.4) is 0 Å². The number of rotatable bonds is 3. The second-order valence-electron chi connectivity index (χ2n) is 5.64. The highest BCUT2D eigenvalue weighted by Crippen LogP contribution is 2.32. The van der Waals surface area contributed by atoms with E-state index in [9.17, 15) is 4.39 Å². The molecule has 0 aromatic heterocycles. The predicted octanol–water partition coefficient (Wildman–Crippen LogP) is 2.86. The molecule has 1 heterocycles. The van der Waals surface area contributed by atoms with E-state index in [1.54, 1.807) is 6.07 Å². The van der Waals surface area contributed by atoms with Crippen molar-refractivity contribution in [1.82, 2.24) is 4.90 Å². The van der Waals surface area contributed by atoms with Gasteiger partial charge in [-0.2, -0.15) is 0 Å². The van der Waals surface area contributed by atoms with Gasteiger partial charge in [0.05, 0.1) is 0 Å². The zero-order valence-electron chi connectivity index (χ0n) is 11.5. The van der Waals surface area contributed by atoms with Crippen molar-refractivity contribution in [2.24, 2.45) is 11.7 Å². The molecule has 1 saturated heterocycles. The Hall–Kier alpha value is -0.930. The molecule has 0 amide bonds. The van der Waals surface area contributed by atoms with E-state index in [0.29, 0.717) is 12.6 Å². The van der Waals surface area contributed by atoms with Gasteiger partial charge in [-0.15, -0.1) is 0 Å². The molecule has 3 heteroatoms. The van der Waals surface area contributed by atoms with Gasteiger partial charge in [0.15, 0.2) is 0 Å². The molecule has 1 fully saturated rings. The summed E-state index contributed by atoms with van der Waals surface area (Å²) in [6.07, 6.45) is 1.22. The molecule has 18 heavy (non-hydrogen) atoms. The van der Waals surface area contributed by atoms with Crippen LogP contribution in [-0.2, 0) is 0 Å². The summed E-state index contributed by atoms with van der Waals surface area (Å²) in [5.74, 6) is 0.546. The first-order valence-electron chi connectivity index (χ1n) is 6.74. The Balaban J connectivity index is 2.28. The minimum Gasteiger partial charge on any atom is -0.329 e. The number of benzene rings is 1. The molecule has 0 aliphatic carbocycles. The van der Waals surface area contributed by atoms with E-state index in [1.807, 2.05) is 13.0 Å². The van der Waals surface area contributed by atoms with E-state index in [-0.39, 0.29) is 11.9 Å². The van der Waals surface area contributed by atoms with Crippen molar-refractivity contribution in [3.8, 4) is 0 Å². The molecule has 3 unspecified atom stereocenters. The molecule has 0 saturated carbocycles. The molecular weight excluding hydrogens is 227 g/mol. The second kappa shape index (κ2) is 5.37. The van der Waals surface area contributed by atoms with Gasteiger partial charge in [0, 0.05) is 25.2 Å². The Kier molecular flexibility index (Phi) is 4.03. The van der Waals surface area contributed by atoms with Crippen LogP contribution in [0.1, 0.15) is 37.4 Å². The van der Waals surface area contributed by atoms with E-state index in [1.165, 1.54) is 18.1 Å². The monoisotopic (exact) mass is 250 g/mol. The molecule has 1 aromatic carbocycles. The Morgan fingerprint density at radius 2 is 2.17 bits per heavy atom. The summed E-state index contributed by atoms with van der Waals surface area (Å²) in [7, 11) is 0. The predicted molar refractivity (Wildman–Crippen MR) is 72.9 cm³/mol. The summed E-state index contributed by atoms with van der Waals surface area (Å²) in [5.41, 5.74) is 8.13. The fourth-order valence-corrected chi connectivity index (χ4v) is 3.22. The van der Waals surface area contributed by atoms with Gasteiger partial charge >= 0.3 is 0 Å². The van der Waals surface area contributed by atoms with E-state index >= 15 is 0 Å². The van der Waals surface area contributed by atoms with Crippen LogP contribution in [-0.4, -0.2) is 24.0 Å². The Morgan fingerprint density at radius 3 is 2.67 bits per heavy atom. The molecule has 2 rings (SSSR count). The molecule has 2 nitrogen and oxygen atoms in total. The van der Waals surface area contributed by atoms with Crippen molar-refractivity contribution in [3.63, 3.8) is 0 Å². The van der Waals surface area contributed by atoms with Crippen molar-refractivity contribution in [2.75, 3.05) is 13.1 Å². The summed E-state index contributed by atoms with van der Waals surface area (Å²) in [6, 6.07) is 5.79. The number of likely N-dealkylation sites (tertiary alicyclic amines) is 1. The van der Waals surface area contributed by atoms with Crippen LogP contribution < -0.4 is 5.73 Å². The maximum Gasteiger partial charge on any atom is 0.123 e. The first-order valence-corrected chi connectivity index (χ1v) is 6.74. The van der Waals surface area contributed by atoms with E-state index in [4.69, 9.17) is 5.73 Å². The molecule has 2 N–H and O–H groups in total. The van der Waals surface area contributed by atoms with Crippen LogP contribution in [0.5, 0.6) is 0 Å². The standard InChI is InChI=1S/C15H23FN2/c1-10-6-12(3)18(9-10)15(8-17)14-5-4-13(16)7-11(14)2/h4-5,7,10,12,15H,6,8-9,17H2,1-3H3.